The molecule has 1 aromatic carbocycles. The maximum Gasteiger partial charge on any atom is 0.410 e. The first-order chi connectivity index (χ1) is 14.0. The summed E-state index contributed by atoms with van der Waals surface area (Å²) in [6, 6.07) is 6.55. The average Bonchev–Trinajstić information content (AvgIpc) is 2.67. The van der Waals surface area contributed by atoms with Gasteiger partial charge in [0.2, 0.25) is 5.95 Å². The summed E-state index contributed by atoms with van der Waals surface area (Å²) < 4.78 is 18.7. The Kier molecular flexibility index (Phi) is 6.29. The number of aromatic nitrogens is 2. The van der Waals surface area contributed by atoms with Crippen LogP contribution in [-0.2, 0) is 4.74 Å². The van der Waals surface area contributed by atoms with Gasteiger partial charge < -0.3 is 14.5 Å². The first-order valence-corrected chi connectivity index (χ1v) is 10.4. The van der Waals surface area contributed by atoms with Crippen molar-refractivity contribution < 1.29 is 13.9 Å². The Morgan fingerprint density at radius 2 is 1.63 bits per heavy atom. The first-order valence-electron chi connectivity index (χ1n) is 10.4. The van der Waals surface area contributed by atoms with Crippen molar-refractivity contribution in [2.45, 2.75) is 59.1 Å². The molecular formula is C23H31FN4O2. The number of benzene rings is 1. The Hall–Kier alpha value is -2.70. The number of hydrogen-bond acceptors (Lipinski definition) is 5. The molecular weight excluding hydrogens is 383 g/mol. The van der Waals surface area contributed by atoms with Crippen molar-refractivity contribution in [3.8, 4) is 11.1 Å². The minimum Gasteiger partial charge on any atom is -0.444 e. The second-order valence-corrected chi connectivity index (χ2v) is 8.89. The molecule has 1 aromatic heterocycles. The molecule has 1 aliphatic heterocycles. The highest BCUT2D eigenvalue weighted by Crippen LogP contribution is 2.28. The molecule has 1 amide bonds. The summed E-state index contributed by atoms with van der Waals surface area (Å²) in [6.07, 6.45) is 1.38. The SMILES string of the molecule is Cc1nc(N2CCC(N(C)C(=O)OC(C)(C)C)CC2)nc(C)c1-c1ccc(F)cc1. The van der Waals surface area contributed by atoms with E-state index in [9.17, 15) is 9.18 Å². The summed E-state index contributed by atoms with van der Waals surface area (Å²) in [6.45, 7) is 11.1. The number of rotatable bonds is 3. The number of ether oxygens (including phenoxy) is 1. The van der Waals surface area contributed by atoms with Gasteiger partial charge in [0.15, 0.2) is 0 Å². The molecule has 6 nitrogen and oxygen atoms in total. The second kappa shape index (κ2) is 8.58. The second-order valence-electron chi connectivity index (χ2n) is 8.89. The van der Waals surface area contributed by atoms with E-state index in [1.54, 1.807) is 24.1 Å². The number of aryl methyl sites for hydroxylation is 2. The van der Waals surface area contributed by atoms with Gasteiger partial charge in [-0.2, -0.15) is 0 Å². The van der Waals surface area contributed by atoms with E-state index in [0.29, 0.717) is 5.95 Å². The number of halogens is 1. The maximum absolute atomic E-state index is 13.3. The highest BCUT2D eigenvalue weighted by atomic mass is 19.1. The Morgan fingerprint density at radius 3 is 2.13 bits per heavy atom. The van der Waals surface area contributed by atoms with Crippen molar-refractivity contribution in [1.29, 1.82) is 0 Å². The van der Waals surface area contributed by atoms with E-state index in [0.717, 1.165) is 48.4 Å². The Labute approximate surface area is 178 Å². The van der Waals surface area contributed by atoms with Gasteiger partial charge >= 0.3 is 6.09 Å². The van der Waals surface area contributed by atoms with Gasteiger partial charge in [0, 0.05) is 31.7 Å². The maximum atomic E-state index is 13.3. The van der Waals surface area contributed by atoms with Crippen molar-refractivity contribution in [3.05, 3.63) is 41.5 Å². The molecule has 0 N–H and O–H groups in total. The third-order valence-electron chi connectivity index (χ3n) is 5.37. The summed E-state index contributed by atoms with van der Waals surface area (Å²) >= 11 is 0. The number of carbonyl (C=O) groups excluding carboxylic acids is 1. The zero-order chi connectivity index (χ0) is 22.1. The van der Waals surface area contributed by atoms with E-state index >= 15 is 0 Å². The fourth-order valence-corrected chi connectivity index (χ4v) is 3.81. The molecule has 1 saturated heterocycles. The monoisotopic (exact) mass is 414 g/mol. The summed E-state index contributed by atoms with van der Waals surface area (Å²) in [4.78, 5) is 25.7. The molecule has 0 aliphatic carbocycles. The van der Waals surface area contributed by atoms with E-state index < -0.39 is 5.60 Å². The first kappa shape index (κ1) is 22.0. The smallest absolute Gasteiger partial charge is 0.410 e. The van der Waals surface area contributed by atoms with Crippen LogP contribution in [0.4, 0.5) is 15.1 Å². The fourth-order valence-electron chi connectivity index (χ4n) is 3.81. The number of amides is 1. The van der Waals surface area contributed by atoms with Crippen molar-refractivity contribution in [2.75, 3.05) is 25.0 Å². The van der Waals surface area contributed by atoms with Crippen molar-refractivity contribution in [2.24, 2.45) is 0 Å². The third-order valence-corrected chi connectivity index (χ3v) is 5.37. The molecule has 0 bridgehead atoms. The Bertz CT molecular complexity index is 877. The molecule has 30 heavy (non-hydrogen) atoms. The third kappa shape index (κ3) is 5.07. The van der Waals surface area contributed by atoms with Crippen LogP contribution in [0.1, 0.15) is 45.0 Å². The van der Waals surface area contributed by atoms with E-state index in [1.807, 2.05) is 34.6 Å². The number of anilines is 1. The van der Waals surface area contributed by atoms with Crippen LogP contribution in [0.25, 0.3) is 11.1 Å². The zero-order valence-electron chi connectivity index (χ0n) is 18.7. The number of nitrogens with zero attached hydrogens (tertiary/aromatic N) is 4. The molecule has 2 heterocycles. The number of piperidine rings is 1. The normalized spacial score (nSPS) is 15.2. The number of hydrogen-bond donors (Lipinski definition) is 0. The van der Waals surface area contributed by atoms with Crippen molar-refractivity contribution in [1.82, 2.24) is 14.9 Å². The summed E-state index contributed by atoms with van der Waals surface area (Å²) in [7, 11) is 1.80. The predicted molar refractivity (Wildman–Crippen MR) is 116 cm³/mol. The van der Waals surface area contributed by atoms with Gasteiger partial charge in [0.05, 0.1) is 11.4 Å². The lowest BCUT2D eigenvalue weighted by atomic mass is 10.0. The van der Waals surface area contributed by atoms with Gasteiger partial charge in [-0.3, -0.25) is 0 Å². The molecule has 0 radical (unpaired) electrons. The lowest BCUT2D eigenvalue weighted by Crippen LogP contribution is -2.47. The lowest BCUT2D eigenvalue weighted by molar-refractivity contribution is 0.0200. The van der Waals surface area contributed by atoms with E-state index in [1.165, 1.54) is 12.1 Å². The minimum absolute atomic E-state index is 0.136. The van der Waals surface area contributed by atoms with Crippen LogP contribution in [0.3, 0.4) is 0 Å². The van der Waals surface area contributed by atoms with E-state index in [-0.39, 0.29) is 18.0 Å². The summed E-state index contributed by atoms with van der Waals surface area (Å²) in [5.74, 6) is 0.444. The van der Waals surface area contributed by atoms with Gasteiger partial charge in [-0.1, -0.05) is 12.1 Å². The molecule has 1 aliphatic rings. The Morgan fingerprint density at radius 1 is 1.10 bits per heavy atom. The highest BCUT2D eigenvalue weighted by molar-refractivity contribution is 5.69. The molecule has 0 spiro atoms. The predicted octanol–water partition coefficient (Wildman–Crippen LogP) is 4.74. The van der Waals surface area contributed by atoms with E-state index in [2.05, 4.69) is 4.90 Å². The van der Waals surface area contributed by atoms with Crippen LogP contribution in [0, 0.1) is 19.7 Å². The zero-order valence-corrected chi connectivity index (χ0v) is 18.7. The molecule has 0 unspecified atom stereocenters. The van der Waals surface area contributed by atoms with Crippen LogP contribution in [0.5, 0.6) is 0 Å². The van der Waals surface area contributed by atoms with Gasteiger partial charge in [-0.15, -0.1) is 0 Å². The molecule has 7 heteroatoms. The largest absolute Gasteiger partial charge is 0.444 e. The molecule has 3 rings (SSSR count). The van der Waals surface area contributed by atoms with E-state index in [4.69, 9.17) is 14.7 Å². The molecule has 162 valence electrons. The van der Waals surface area contributed by atoms with Crippen LogP contribution >= 0.6 is 0 Å². The van der Waals surface area contributed by atoms with Crippen LogP contribution in [0.15, 0.2) is 24.3 Å². The highest BCUT2D eigenvalue weighted by Gasteiger charge is 2.29. The number of carbonyl (C=O) groups is 1. The summed E-state index contributed by atoms with van der Waals surface area (Å²) in [5.41, 5.74) is 3.10. The minimum atomic E-state index is -0.499. The summed E-state index contributed by atoms with van der Waals surface area (Å²) in [5, 5.41) is 0. The lowest BCUT2D eigenvalue weighted by Gasteiger charge is -2.37. The molecule has 0 atom stereocenters. The van der Waals surface area contributed by atoms with Crippen molar-refractivity contribution >= 4 is 12.0 Å². The molecule has 1 fully saturated rings. The van der Waals surface area contributed by atoms with Gasteiger partial charge in [0.25, 0.3) is 0 Å². The molecule has 2 aromatic rings. The standard InChI is InChI=1S/C23H31FN4O2/c1-15-20(17-7-9-18(24)10-8-17)16(2)26-21(25-15)28-13-11-19(12-14-28)27(6)22(29)30-23(3,4)5/h7-10,19H,11-14H2,1-6H3. The van der Waals surface area contributed by atoms with Crippen LogP contribution < -0.4 is 4.90 Å². The average molecular weight is 415 g/mol. The van der Waals surface area contributed by atoms with Crippen molar-refractivity contribution in [3.63, 3.8) is 0 Å². The Balaban J connectivity index is 1.69. The topological polar surface area (TPSA) is 58.6 Å². The van der Waals surface area contributed by atoms with Gasteiger partial charge in [-0.05, 0) is 65.2 Å². The van der Waals surface area contributed by atoms with Gasteiger partial charge in [-0.25, -0.2) is 19.2 Å². The fraction of sp³-hybridized carbons (Fsp3) is 0.522. The van der Waals surface area contributed by atoms with Gasteiger partial charge in [0.1, 0.15) is 11.4 Å². The van der Waals surface area contributed by atoms with Crippen LogP contribution in [0.2, 0.25) is 0 Å². The quantitative estimate of drug-likeness (QED) is 0.726. The van der Waals surface area contributed by atoms with Crippen LogP contribution in [-0.4, -0.2) is 52.7 Å². The molecule has 0 saturated carbocycles.